The van der Waals surface area contributed by atoms with Crippen LogP contribution < -0.4 is 9.80 Å². The molecule has 0 N–H and O–H groups in total. The van der Waals surface area contributed by atoms with Crippen LogP contribution in [0.15, 0.2) is 255 Å². The minimum absolute atomic E-state index is 1.08. The smallest absolute Gasteiger partial charge is 0.0540 e. The number of hydrogen-bond acceptors (Lipinski definition) is 2. The lowest BCUT2D eigenvalue weighted by molar-refractivity contribution is 1.26. The highest BCUT2D eigenvalue weighted by atomic mass is 15.2. The molecule has 11 aromatic rings. The molecule has 0 spiro atoms. The molecule has 0 unspecified atom stereocenters. The summed E-state index contributed by atoms with van der Waals surface area (Å²) in [7, 11) is 0. The van der Waals surface area contributed by atoms with Gasteiger partial charge in [-0.25, -0.2) is 0 Å². The molecular weight excluding hydrogens is 749 g/mol. The molecule has 62 heavy (non-hydrogen) atoms. The van der Waals surface area contributed by atoms with Crippen LogP contribution in [0.3, 0.4) is 0 Å². The second kappa shape index (κ2) is 16.1. The average Bonchev–Trinajstić information content (AvgIpc) is 3.35. The van der Waals surface area contributed by atoms with E-state index < -0.39 is 0 Å². The van der Waals surface area contributed by atoms with Crippen LogP contribution in [0.5, 0.6) is 0 Å². The maximum Gasteiger partial charge on any atom is 0.0540 e. The Morgan fingerprint density at radius 2 is 0.581 bits per heavy atom. The van der Waals surface area contributed by atoms with Gasteiger partial charge in [-0.15, -0.1) is 0 Å². The highest BCUT2D eigenvalue weighted by Gasteiger charge is 2.21. The Hall–Kier alpha value is -8.20. The number of para-hydroxylation sites is 3. The molecule has 11 aromatic carbocycles. The zero-order valence-electron chi connectivity index (χ0n) is 34.1. The number of benzene rings is 11. The molecule has 0 saturated carbocycles. The molecule has 0 aliphatic rings. The van der Waals surface area contributed by atoms with Gasteiger partial charge in [0.2, 0.25) is 0 Å². The van der Waals surface area contributed by atoms with E-state index in [9.17, 15) is 0 Å². The van der Waals surface area contributed by atoms with Crippen molar-refractivity contribution in [3.8, 4) is 33.4 Å². The van der Waals surface area contributed by atoms with E-state index in [2.05, 4.69) is 265 Å². The molecule has 2 heteroatoms. The van der Waals surface area contributed by atoms with Gasteiger partial charge in [-0.1, -0.05) is 182 Å². The van der Waals surface area contributed by atoms with Crippen molar-refractivity contribution in [3.63, 3.8) is 0 Å². The van der Waals surface area contributed by atoms with Gasteiger partial charge in [-0.2, -0.15) is 0 Å². The predicted octanol–water partition coefficient (Wildman–Crippen LogP) is 17.1. The van der Waals surface area contributed by atoms with Crippen LogP contribution in [-0.4, -0.2) is 0 Å². The van der Waals surface area contributed by atoms with E-state index in [1.165, 1.54) is 65.7 Å². The van der Waals surface area contributed by atoms with Crippen molar-refractivity contribution in [2.75, 3.05) is 9.80 Å². The van der Waals surface area contributed by atoms with Crippen molar-refractivity contribution in [1.29, 1.82) is 0 Å². The first-order valence-electron chi connectivity index (χ1n) is 21.3. The lowest BCUT2D eigenvalue weighted by Crippen LogP contribution is -2.12. The van der Waals surface area contributed by atoms with E-state index in [4.69, 9.17) is 0 Å². The van der Waals surface area contributed by atoms with Gasteiger partial charge in [0.25, 0.3) is 0 Å². The van der Waals surface area contributed by atoms with E-state index in [-0.39, 0.29) is 0 Å². The molecule has 0 amide bonds. The third kappa shape index (κ3) is 6.65. The molecule has 0 bridgehead atoms. The van der Waals surface area contributed by atoms with Gasteiger partial charge in [0.15, 0.2) is 0 Å². The van der Waals surface area contributed by atoms with Gasteiger partial charge in [-0.05, 0) is 133 Å². The summed E-state index contributed by atoms with van der Waals surface area (Å²) in [4.78, 5) is 4.69. The van der Waals surface area contributed by atoms with Crippen LogP contribution in [-0.2, 0) is 0 Å². The summed E-state index contributed by atoms with van der Waals surface area (Å²) in [6, 6.07) is 92.0. The first-order chi connectivity index (χ1) is 30.8. The number of rotatable bonds is 9. The fourth-order valence-corrected chi connectivity index (χ4v) is 9.26. The van der Waals surface area contributed by atoms with E-state index in [1.54, 1.807) is 0 Å². The van der Waals surface area contributed by atoms with Crippen LogP contribution in [0.4, 0.5) is 34.1 Å². The molecular formula is C60H42N2. The maximum absolute atomic E-state index is 2.43. The van der Waals surface area contributed by atoms with Crippen molar-refractivity contribution in [2.45, 2.75) is 0 Å². The standard InChI is InChI=1S/C60H42N2/c1-6-20-43(21-7-1)59-54-32-18-19-33-55(54)60(44-22-8-2-9-23-44)57-42-45(34-39-56(57)59)51-40-41-58(53-31-17-16-30-52(51)53)62(48-28-14-5-15-29-48)50-37-35-49(36-38-50)61(46-24-10-3-11-25-46)47-26-12-4-13-27-47/h1-42H. The fourth-order valence-electron chi connectivity index (χ4n) is 9.26. The van der Waals surface area contributed by atoms with Gasteiger partial charge in [0.05, 0.1) is 5.69 Å². The molecule has 0 fully saturated rings. The summed E-state index contributed by atoms with van der Waals surface area (Å²) in [6.07, 6.45) is 0. The number of anilines is 6. The zero-order chi connectivity index (χ0) is 41.2. The van der Waals surface area contributed by atoms with Crippen molar-refractivity contribution in [3.05, 3.63) is 255 Å². The Morgan fingerprint density at radius 3 is 1.10 bits per heavy atom. The summed E-state index contributed by atoms with van der Waals surface area (Å²) >= 11 is 0. The summed E-state index contributed by atoms with van der Waals surface area (Å²) in [5.74, 6) is 0. The second-order valence-electron chi connectivity index (χ2n) is 15.7. The predicted molar refractivity (Wildman–Crippen MR) is 265 cm³/mol. The lowest BCUT2D eigenvalue weighted by Gasteiger charge is -2.29. The minimum Gasteiger partial charge on any atom is -0.311 e. The molecule has 0 aromatic heterocycles. The van der Waals surface area contributed by atoms with Crippen molar-refractivity contribution < 1.29 is 0 Å². The molecule has 292 valence electrons. The zero-order valence-corrected chi connectivity index (χ0v) is 34.1. The van der Waals surface area contributed by atoms with Gasteiger partial charge in [0, 0.05) is 33.8 Å². The first kappa shape index (κ1) is 36.8. The molecule has 0 aliphatic heterocycles. The van der Waals surface area contributed by atoms with Crippen LogP contribution >= 0.6 is 0 Å². The van der Waals surface area contributed by atoms with E-state index in [1.807, 2.05) is 0 Å². The fraction of sp³-hybridized carbons (Fsp3) is 0. The third-order valence-corrected chi connectivity index (χ3v) is 12.0. The molecule has 0 saturated heterocycles. The van der Waals surface area contributed by atoms with Crippen LogP contribution in [0.25, 0.3) is 65.7 Å². The highest BCUT2D eigenvalue weighted by Crippen LogP contribution is 2.47. The third-order valence-electron chi connectivity index (χ3n) is 12.0. The van der Waals surface area contributed by atoms with Crippen LogP contribution in [0.1, 0.15) is 0 Å². The summed E-state index contributed by atoms with van der Waals surface area (Å²) in [6.45, 7) is 0. The summed E-state index contributed by atoms with van der Waals surface area (Å²) < 4.78 is 0. The molecule has 0 aliphatic carbocycles. The Labute approximate surface area is 362 Å². The Bertz CT molecular complexity index is 3270. The van der Waals surface area contributed by atoms with Crippen LogP contribution in [0, 0.1) is 0 Å². The number of hydrogen-bond donors (Lipinski definition) is 0. The molecule has 2 nitrogen and oxygen atoms in total. The number of fused-ring (bicyclic) bond motifs is 3. The van der Waals surface area contributed by atoms with Gasteiger partial charge < -0.3 is 9.80 Å². The molecule has 0 heterocycles. The molecule has 0 radical (unpaired) electrons. The molecule has 11 rings (SSSR count). The van der Waals surface area contributed by atoms with E-state index in [0.29, 0.717) is 0 Å². The van der Waals surface area contributed by atoms with Crippen molar-refractivity contribution in [1.82, 2.24) is 0 Å². The van der Waals surface area contributed by atoms with Crippen LogP contribution in [0.2, 0.25) is 0 Å². The lowest BCUT2D eigenvalue weighted by atomic mass is 9.84. The molecule has 0 atom stereocenters. The van der Waals surface area contributed by atoms with E-state index in [0.717, 1.165) is 34.1 Å². The van der Waals surface area contributed by atoms with Gasteiger partial charge in [-0.3, -0.25) is 0 Å². The normalized spacial score (nSPS) is 11.2. The Kier molecular flexibility index (Phi) is 9.57. The topological polar surface area (TPSA) is 6.48 Å². The highest BCUT2D eigenvalue weighted by molar-refractivity contribution is 6.22. The second-order valence-corrected chi connectivity index (χ2v) is 15.7. The number of nitrogens with zero attached hydrogens (tertiary/aromatic N) is 2. The first-order valence-corrected chi connectivity index (χ1v) is 21.3. The Morgan fingerprint density at radius 1 is 0.210 bits per heavy atom. The Balaban J connectivity index is 1.08. The van der Waals surface area contributed by atoms with Gasteiger partial charge in [0.1, 0.15) is 0 Å². The minimum atomic E-state index is 1.08. The van der Waals surface area contributed by atoms with E-state index >= 15 is 0 Å². The largest absolute Gasteiger partial charge is 0.311 e. The summed E-state index contributed by atoms with van der Waals surface area (Å²) in [5.41, 5.74) is 14.0. The van der Waals surface area contributed by atoms with Crippen molar-refractivity contribution in [2.24, 2.45) is 0 Å². The van der Waals surface area contributed by atoms with Crippen molar-refractivity contribution >= 4 is 66.4 Å². The SMILES string of the molecule is c1ccc(-c2c3ccccc3c(-c3ccccc3)c3cc(-c4ccc(N(c5ccccc5)c5ccc(N(c6ccccc6)c6ccccc6)cc5)c5ccccc45)ccc23)cc1. The monoisotopic (exact) mass is 790 g/mol. The average molecular weight is 791 g/mol. The maximum atomic E-state index is 2.43. The quantitative estimate of drug-likeness (QED) is 0.134. The van der Waals surface area contributed by atoms with Gasteiger partial charge >= 0.3 is 0 Å². The summed E-state index contributed by atoms with van der Waals surface area (Å²) in [5, 5.41) is 7.38.